The summed E-state index contributed by atoms with van der Waals surface area (Å²) < 4.78 is 0.866. The summed E-state index contributed by atoms with van der Waals surface area (Å²) in [5.74, 6) is 0.230. The molecule has 4 nitrogen and oxygen atoms in total. The summed E-state index contributed by atoms with van der Waals surface area (Å²) in [6, 6.07) is 25.4. The van der Waals surface area contributed by atoms with Crippen molar-refractivity contribution in [2.75, 3.05) is 0 Å². The van der Waals surface area contributed by atoms with Crippen molar-refractivity contribution in [3.05, 3.63) is 111 Å². The molecule has 0 aliphatic carbocycles. The van der Waals surface area contributed by atoms with E-state index >= 15 is 0 Å². The van der Waals surface area contributed by atoms with Crippen LogP contribution in [-0.2, 0) is 0 Å². The number of hydrogen-bond acceptors (Lipinski definition) is 4. The van der Waals surface area contributed by atoms with Gasteiger partial charge in [-0.3, -0.25) is 0 Å². The predicted molar refractivity (Wildman–Crippen MR) is 145 cm³/mol. The lowest BCUT2D eigenvalue weighted by molar-refractivity contribution is 0.425. The topological polar surface area (TPSA) is 80.9 Å². The van der Waals surface area contributed by atoms with Crippen LogP contribution in [0.3, 0.4) is 0 Å². The molecule has 0 saturated carbocycles. The molecule has 0 unspecified atom stereocenters. The van der Waals surface area contributed by atoms with Crippen molar-refractivity contribution >= 4 is 51.7 Å². The molecule has 0 saturated heterocycles. The fourth-order valence-electron chi connectivity index (χ4n) is 2.82. The molecule has 0 heterocycles. The minimum absolute atomic E-state index is 0.111. The molecule has 0 bridgehead atoms. The summed E-state index contributed by atoms with van der Waals surface area (Å²) in [6.07, 6.45) is 0. The Morgan fingerprint density at radius 3 is 1.65 bits per heavy atom. The highest BCUT2D eigenvalue weighted by Gasteiger charge is 2.08. The molecule has 4 rings (SSSR count). The summed E-state index contributed by atoms with van der Waals surface area (Å²) in [7, 11) is -1.35. The van der Waals surface area contributed by atoms with Gasteiger partial charge in [-0.05, 0) is 60.8 Å². The zero-order valence-corrected chi connectivity index (χ0v) is 21.7. The van der Waals surface area contributed by atoms with E-state index in [0.717, 1.165) is 21.2 Å². The lowest BCUT2D eigenvalue weighted by Crippen LogP contribution is -2.29. The summed E-state index contributed by atoms with van der Waals surface area (Å²) in [4.78, 5) is 0. The maximum absolute atomic E-state index is 9.31. The molecule has 0 spiro atoms. The van der Waals surface area contributed by atoms with Gasteiger partial charge in [-0.15, -0.1) is 0 Å². The van der Waals surface area contributed by atoms with Gasteiger partial charge in [0.1, 0.15) is 11.5 Å². The molecule has 34 heavy (non-hydrogen) atoms. The maximum atomic E-state index is 9.31. The molecule has 8 heteroatoms. The van der Waals surface area contributed by atoms with Crippen LogP contribution in [-0.4, -0.2) is 27.4 Å². The molecule has 0 aliphatic rings. The fraction of sp³-hybridized carbons (Fsp3) is 0.0769. The number of phenolic OH excluding ortho intramolecular Hbond substituents is 2. The van der Waals surface area contributed by atoms with E-state index < -0.39 is 7.12 Å². The van der Waals surface area contributed by atoms with E-state index in [1.807, 2.05) is 44.2 Å². The molecule has 4 aromatic rings. The zero-order valence-electron chi connectivity index (χ0n) is 18.6. The van der Waals surface area contributed by atoms with E-state index in [-0.39, 0.29) is 11.5 Å². The van der Waals surface area contributed by atoms with Crippen LogP contribution >= 0.6 is 39.1 Å². The molecule has 0 fully saturated rings. The highest BCUT2D eigenvalue weighted by molar-refractivity contribution is 9.10. The number of phenols is 2. The highest BCUT2D eigenvalue weighted by atomic mass is 79.9. The summed E-state index contributed by atoms with van der Waals surface area (Å²) in [5, 5.41) is 36.4. The number of halogens is 3. The molecule has 0 amide bonds. The van der Waals surface area contributed by atoms with Gasteiger partial charge in [-0.2, -0.15) is 0 Å². The van der Waals surface area contributed by atoms with Crippen molar-refractivity contribution in [1.82, 2.24) is 0 Å². The minimum Gasteiger partial charge on any atom is -0.506 e. The summed E-state index contributed by atoms with van der Waals surface area (Å²) in [6.45, 7) is 3.96. The highest BCUT2D eigenvalue weighted by Crippen LogP contribution is 2.29. The normalized spacial score (nSPS) is 9.85. The largest absolute Gasteiger partial charge is 0.506 e. The fourth-order valence-corrected chi connectivity index (χ4v) is 3.68. The quantitative estimate of drug-likeness (QED) is 0.210. The first kappa shape index (κ1) is 27.8. The van der Waals surface area contributed by atoms with Gasteiger partial charge in [-0.25, -0.2) is 0 Å². The molecule has 176 valence electrons. The van der Waals surface area contributed by atoms with Gasteiger partial charge >= 0.3 is 7.12 Å². The maximum Gasteiger partial charge on any atom is 0.488 e. The Hall–Kier alpha value is -2.48. The smallest absolute Gasteiger partial charge is 0.488 e. The van der Waals surface area contributed by atoms with Crippen LogP contribution in [0, 0.1) is 13.8 Å². The van der Waals surface area contributed by atoms with Gasteiger partial charge in [0.15, 0.2) is 0 Å². The first-order chi connectivity index (χ1) is 16.1. The monoisotopic (exact) mass is 560 g/mol. The number of benzene rings is 4. The standard InChI is InChI=1S/C13H11ClO.C7H9BO2.C6H4BrClO/c1-9-3-2-4-10(7-9)11-5-6-13(15)12(14)8-11;1-6-3-2-4-7(5-6)8(9)10;7-4-1-2-6(9)5(8)3-4/h2-8,15H,1H3;2-5,9-10H,1H3;1-3,9H. The number of aryl methyl sites for hydroxylation is 2. The van der Waals surface area contributed by atoms with Gasteiger partial charge in [0.05, 0.1) is 10.0 Å². The van der Waals surface area contributed by atoms with E-state index in [1.165, 1.54) is 11.6 Å². The van der Waals surface area contributed by atoms with Crippen molar-refractivity contribution in [2.45, 2.75) is 13.8 Å². The van der Waals surface area contributed by atoms with Crippen LogP contribution in [0.5, 0.6) is 11.5 Å². The van der Waals surface area contributed by atoms with Gasteiger partial charge in [0.25, 0.3) is 0 Å². The van der Waals surface area contributed by atoms with Gasteiger partial charge in [0.2, 0.25) is 0 Å². The first-order valence-electron chi connectivity index (χ1n) is 10.2. The Kier molecular flexibility index (Phi) is 11.0. The number of rotatable bonds is 2. The van der Waals surface area contributed by atoms with Gasteiger partial charge < -0.3 is 20.3 Å². The minimum atomic E-state index is -1.35. The second-order valence-corrected chi connectivity index (χ2v) is 9.15. The summed E-state index contributed by atoms with van der Waals surface area (Å²) in [5.41, 5.74) is 4.90. The third-order valence-electron chi connectivity index (χ3n) is 4.55. The van der Waals surface area contributed by atoms with Crippen molar-refractivity contribution < 1.29 is 20.3 Å². The number of hydrogen-bond donors (Lipinski definition) is 4. The number of aromatic hydroxyl groups is 2. The SMILES string of the molecule is Cc1cccc(-c2ccc(O)c(Cl)c2)c1.Cc1cccc(B(O)O)c1.Oc1ccc(Br)cc1Cl. The second-order valence-electron chi connectivity index (χ2n) is 7.42. The Bertz CT molecular complexity index is 1240. The Morgan fingerprint density at radius 1 is 0.647 bits per heavy atom. The molecule has 4 aromatic carbocycles. The molecule has 0 radical (unpaired) electrons. The Balaban J connectivity index is 0.000000189. The van der Waals surface area contributed by atoms with E-state index in [4.69, 9.17) is 38.4 Å². The third-order valence-corrected chi connectivity index (χ3v) is 5.65. The average Bonchev–Trinajstić information content (AvgIpc) is 2.79. The van der Waals surface area contributed by atoms with Crippen LogP contribution in [0.2, 0.25) is 10.0 Å². The van der Waals surface area contributed by atoms with Crippen molar-refractivity contribution in [3.63, 3.8) is 0 Å². The van der Waals surface area contributed by atoms with Crippen LogP contribution in [0.1, 0.15) is 11.1 Å². The van der Waals surface area contributed by atoms with Crippen LogP contribution in [0.15, 0.2) is 89.4 Å². The van der Waals surface area contributed by atoms with Crippen molar-refractivity contribution in [3.8, 4) is 22.6 Å². The van der Waals surface area contributed by atoms with E-state index in [2.05, 4.69) is 22.0 Å². The van der Waals surface area contributed by atoms with Crippen molar-refractivity contribution in [2.24, 2.45) is 0 Å². The Morgan fingerprint density at radius 2 is 1.18 bits per heavy atom. The Labute approximate surface area is 218 Å². The van der Waals surface area contributed by atoms with Crippen LogP contribution in [0.25, 0.3) is 11.1 Å². The predicted octanol–water partition coefficient (Wildman–Crippen LogP) is 6.50. The van der Waals surface area contributed by atoms with E-state index in [1.54, 1.807) is 42.5 Å². The van der Waals surface area contributed by atoms with Crippen LogP contribution in [0.4, 0.5) is 0 Å². The lowest BCUT2D eigenvalue weighted by Gasteiger charge is -2.04. The average molecular weight is 562 g/mol. The van der Waals surface area contributed by atoms with Crippen molar-refractivity contribution in [1.29, 1.82) is 0 Å². The first-order valence-corrected chi connectivity index (χ1v) is 11.7. The van der Waals surface area contributed by atoms with Crippen LogP contribution < -0.4 is 5.46 Å². The molecule has 0 aromatic heterocycles. The molecule has 4 N–H and O–H groups in total. The second kappa shape index (κ2) is 13.4. The molecule has 0 aliphatic heterocycles. The van der Waals surface area contributed by atoms with E-state index in [0.29, 0.717) is 15.5 Å². The van der Waals surface area contributed by atoms with Gasteiger partial charge in [0, 0.05) is 4.47 Å². The zero-order chi connectivity index (χ0) is 25.3. The third kappa shape index (κ3) is 9.05. The molecular weight excluding hydrogens is 538 g/mol. The van der Waals surface area contributed by atoms with Gasteiger partial charge in [-0.1, -0.05) is 105 Å². The van der Waals surface area contributed by atoms with E-state index in [9.17, 15) is 5.11 Å². The summed E-state index contributed by atoms with van der Waals surface area (Å²) >= 11 is 14.6. The lowest BCUT2D eigenvalue weighted by atomic mass is 9.80. The molecular formula is C26H24BBrCl2O4. The molecule has 0 atom stereocenters.